The van der Waals surface area contributed by atoms with E-state index in [1.165, 1.54) is 24.0 Å². The summed E-state index contributed by atoms with van der Waals surface area (Å²) in [6.45, 7) is 7.37. The van der Waals surface area contributed by atoms with Crippen LogP contribution >= 0.6 is 0 Å². The fourth-order valence-electron chi connectivity index (χ4n) is 2.85. The molecule has 0 amide bonds. The Labute approximate surface area is 132 Å². The van der Waals surface area contributed by atoms with Crippen LogP contribution in [0, 0.1) is 12.8 Å². The third kappa shape index (κ3) is 3.75. The Morgan fingerprint density at radius 3 is 2.82 bits per heavy atom. The van der Waals surface area contributed by atoms with Crippen LogP contribution in [0.2, 0.25) is 0 Å². The zero-order valence-electron chi connectivity index (χ0n) is 13.4. The molecule has 4 heteroatoms. The Hall–Kier alpha value is -2.10. The van der Waals surface area contributed by atoms with Crippen LogP contribution < -0.4 is 10.2 Å². The highest BCUT2D eigenvalue weighted by Crippen LogP contribution is 2.21. The Morgan fingerprint density at radius 2 is 2.05 bits per heavy atom. The van der Waals surface area contributed by atoms with Crippen molar-refractivity contribution in [2.45, 2.75) is 33.2 Å². The summed E-state index contributed by atoms with van der Waals surface area (Å²) < 4.78 is 0. The van der Waals surface area contributed by atoms with Crippen LogP contribution in [-0.4, -0.2) is 23.1 Å². The Morgan fingerprint density at radius 1 is 1.23 bits per heavy atom. The minimum atomic E-state index is 0.706. The van der Waals surface area contributed by atoms with Crippen LogP contribution in [0.1, 0.15) is 30.9 Å². The third-order valence-electron chi connectivity index (χ3n) is 4.28. The molecule has 4 nitrogen and oxygen atoms in total. The molecule has 1 aromatic heterocycles. The molecule has 0 radical (unpaired) electrons. The topological polar surface area (TPSA) is 41.1 Å². The molecule has 0 atom stereocenters. The molecule has 1 N–H and O–H groups in total. The monoisotopic (exact) mass is 296 g/mol. The molecule has 0 unspecified atom stereocenters. The number of hydrogen-bond acceptors (Lipinski definition) is 4. The summed E-state index contributed by atoms with van der Waals surface area (Å²) in [6, 6.07) is 10.5. The largest absolute Gasteiger partial charge is 0.356 e. The van der Waals surface area contributed by atoms with Gasteiger partial charge < -0.3 is 10.2 Å². The van der Waals surface area contributed by atoms with E-state index in [-0.39, 0.29) is 0 Å². The third-order valence-corrected chi connectivity index (χ3v) is 4.28. The van der Waals surface area contributed by atoms with Gasteiger partial charge in [-0.1, -0.05) is 36.8 Å². The SMILES string of the molecule is Cc1cccc(CNc2nccc(N3CCC(C)CC3)n2)c1. The summed E-state index contributed by atoms with van der Waals surface area (Å²) in [5.41, 5.74) is 2.53. The zero-order chi connectivity index (χ0) is 15.4. The molecule has 116 valence electrons. The molecule has 1 aliphatic heterocycles. The molecule has 3 rings (SSSR count). The molecule has 1 aliphatic rings. The number of anilines is 2. The van der Waals surface area contributed by atoms with E-state index in [2.05, 4.69) is 58.3 Å². The summed E-state index contributed by atoms with van der Waals surface area (Å²) in [5.74, 6) is 2.57. The predicted molar refractivity (Wildman–Crippen MR) is 91.1 cm³/mol. The molecule has 0 bridgehead atoms. The predicted octanol–water partition coefficient (Wildman–Crippen LogP) is 3.63. The van der Waals surface area contributed by atoms with Gasteiger partial charge in [0, 0.05) is 25.8 Å². The normalized spacial score (nSPS) is 15.8. The van der Waals surface area contributed by atoms with E-state index >= 15 is 0 Å². The molecule has 0 aliphatic carbocycles. The molecule has 0 spiro atoms. The van der Waals surface area contributed by atoms with E-state index in [9.17, 15) is 0 Å². The van der Waals surface area contributed by atoms with E-state index < -0.39 is 0 Å². The molecule has 2 aromatic rings. The highest BCUT2D eigenvalue weighted by atomic mass is 15.2. The first-order valence-electron chi connectivity index (χ1n) is 8.08. The molecule has 1 fully saturated rings. The maximum Gasteiger partial charge on any atom is 0.224 e. The average molecular weight is 296 g/mol. The van der Waals surface area contributed by atoms with Gasteiger partial charge in [0.15, 0.2) is 0 Å². The number of aryl methyl sites for hydroxylation is 1. The van der Waals surface area contributed by atoms with Crippen molar-refractivity contribution in [2.24, 2.45) is 5.92 Å². The van der Waals surface area contributed by atoms with E-state index in [0.29, 0.717) is 5.95 Å². The second-order valence-electron chi connectivity index (χ2n) is 6.25. The van der Waals surface area contributed by atoms with Gasteiger partial charge in [-0.3, -0.25) is 0 Å². The number of aromatic nitrogens is 2. The lowest BCUT2D eigenvalue weighted by Crippen LogP contribution is -2.33. The first-order valence-corrected chi connectivity index (χ1v) is 8.08. The minimum Gasteiger partial charge on any atom is -0.356 e. The Kier molecular flexibility index (Phi) is 4.56. The lowest BCUT2D eigenvalue weighted by atomic mass is 9.99. The highest BCUT2D eigenvalue weighted by Gasteiger charge is 2.17. The molecule has 1 saturated heterocycles. The smallest absolute Gasteiger partial charge is 0.224 e. The average Bonchev–Trinajstić information content (AvgIpc) is 2.54. The zero-order valence-corrected chi connectivity index (χ0v) is 13.4. The van der Waals surface area contributed by atoms with Crippen molar-refractivity contribution >= 4 is 11.8 Å². The molecule has 0 saturated carbocycles. The molecule has 22 heavy (non-hydrogen) atoms. The maximum atomic E-state index is 4.66. The number of rotatable bonds is 4. The van der Waals surface area contributed by atoms with Gasteiger partial charge >= 0.3 is 0 Å². The van der Waals surface area contributed by atoms with Crippen molar-refractivity contribution in [2.75, 3.05) is 23.3 Å². The fraction of sp³-hybridized carbons (Fsp3) is 0.444. The van der Waals surface area contributed by atoms with Gasteiger partial charge in [-0.05, 0) is 37.3 Å². The Balaban J connectivity index is 1.64. The van der Waals surface area contributed by atoms with Gasteiger partial charge in [0.2, 0.25) is 5.95 Å². The van der Waals surface area contributed by atoms with E-state index in [1.807, 2.05) is 12.3 Å². The van der Waals surface area contributed by atoms with Gasteiger partial charge in [0.1, 0.15) is 5.82 Å². The summed E-state index contributed by atoms with van der Waals surface area (Å²) in [6.07, 6.45) is 4.34. The van der Waals surface area contributed by atoms with E-state index in [0.717, 1.165) is 31.4 Å². The highest BCUT2D eigenvalue weighted by molar-refractivity contribution is 5.43. The lowest BCUT2D eigenvalue weighted by molar-refractivity contribution is 0.436. The van der Waals surface area contributed by atoms with Crippen molar-refractivity contribution < 1.29 is 0 Å². The van der Waals surface area contributed by atoms with Crippen LogP contribution in [0.3, 0.4) is 0 Å². The van der Waals surface area contributed by atoms with Crippen molar-refractivity contribution in [3.05, 3.63) is 47.7 Å². The minimum absolute atomic E-state index is 0.706. The number of benzene rings is 1. The second kappa shape index (κ2) is 6.77. The molecule has 1 aromatic carbocycles. The van der Waals surface area contributed by atoms with Gasteiger partial charge in [0.05, 0.1) is 0 Å². The summed E-state index contributed by atoms with van der Waals surface area (Å²) in [4.78, 5) is 11.4. The first-order chi connectivity index (χ1) is 10.7. The number of piperidine rings is 1. The van der Waals surface area contributed by atoms with Crippen LogP contribution in [0.15, 0.2) is 36.5 Å². The van der Waals surface area contributed by atoms with Crippen LogP contribution in [-0.2, 0) is 6.54 Å². The molecular weight excluding hydrogens is 272 g/mol. The van der Waals surface area contributed by atoms with Gasteiger partial charge in [0.25, 0.3) is 0 Å². The summed E-state index contributed by atoms with van der Waals surface area (Å²) in [7, 11) is 0. The van der Waals surface area contributed by atoms with Crippen LogP contribution in [0.5, 0.6) is 0 Å². The van der Waals surface area contributed by atoms with E-state index in [4.69, 9.17) is 0 Å². The number of hydrogen-bond donors (Lipinski definition) is 1. The Bertz CT molecular complexity index is 618. The standard InChI is InChI=1S/C18H24N4/c1-14-7-10-22(11-8-14)17-6-9-19-18(21-17)20-13-16-5-3-4-15(2)12-16/h3-6,9,12,14H,7-8,10-11,13H2,1-2H3,(H,19,20,21). The van der Waals surface area contributed by atoms with Crippen molar-refractivity contribution in [1.82, 2.24) is 9.97 Å². The quantitative estimate of drug-likeness (QED) is 0.935. The van der Waals surface area contributed by atoms with Gasteiger partial charge in [-0.25, -0.2) is 4.98 Å². The van der Waals surface area contributed by atoms with E-state index in [1.54, 1.807) is 0 Å². The second-order valence-corrected chi connectivity index (χ2v) is 6.25. The molecular formula is C18H24N4. The maximum absolute atomic E-state index is 4.66. The lowest BCUT2D eigenvalue weighted by Gasteiger charge is -2.31. The summed E-state index contributed by atoms with van der Waals surface area (Å²) >= 11 is 0. The van der Waals surface area contributed by atoms with Crippen molar-refractivity contribution in [1.29, 1.82) is 0 Å². The van der Waals surface area contributed by atoms with Crippen LogP contribution in [0.4, 0.5) is 11.8 Å². The first kappa shape index (κ1) is 14.8. The number of nitrogens with one attached hydrogen (secondary N) is 1. The van der Waals surface area contributed by atoms with Crippen molar-refractivity contribution in [3.63, 3.8) is 0 Å². The van der Waals surface area contributed by atoms with Crippen LogP contribution in [0.25, 0.3) is 0 Å². The van der Waals surface area contributed by atoms with Gasteiger partial charge in [-0.15, -0.1) is 0 Å². The number of nitrogens with zero attached hydrogens (tertiary/aromatic N) is 3. The van der Waals surface area contributed by atoms with Crippen molar-refractivity contribution in [3.8, 4) is 0 Å². The fourth-order valence-corrected chi connectivity index (χ4v) is 2.85. The summed E-state index contributed by atoms with van der Waals surface area (Å²) in [5, 5.41) is 3.33. The molecule has 2 heterocycles. The van der Waals surface area contributed by atoms with Gasteiger partial charge in [-0.2, -0.15) is 4.98 Å².